The van der Waals surface area contributed by atoms with Gasteiger partial charge in [0, 0.05) is 0 Å². The van der Waals surface area contributed by atoms with Crippen LogP contribution in [-0.4, -0.2) is 55.0 Å². The molecule has 0 aliphatic carbocycles. The van der Waals surface area contributed by atoms with Crippen molar-refractivity contribution in [2.75, 3.05) is 6.61 Å². The number of carbonyl (C=O) groups excluding carboxylic acids is 1. The average Bonchev–Trinajstić information content (AvgIpc) is 3.11. The van der Waals surface area contributed by atoms with Crippen LogP contribution in [0.4, 0.5) is 0 Å². The molecule has 28 heavy (non-hydrogen) atoms. The van der Waals surface area contributed by atoms with Crippen LogP contribution in [-0.2, 0) is 20.9 Å². The van der Waals surface area contributed by atoms with Crippen LogP contribution in [0.3, 0.4) is 0 Å². The fraction of sp³-hybridized carbons (Fsp3) is 0.364. The van der Waals surface area contributed by atoms with Gasteiger partial charge in [-0.15, -0.1) is 0 Å². The van der Waals surface area contributed by atoms with Gasteiger partial charge in [0.05, 0.1) is 0 Å². The monoisotopic (exact) mass is 447 g/mol. The second kappa shape index (κ2) is 9.48. The van der Waals surface area contributed by atoms with Gasteiger partial charge in [-0.3, -0.25) is 0 Å². The molecule has 1 aliphatic heterocycles. The van der Waals surface area contributed by atoms with Gasteiger partial charge in [-0.2, -0.15) is 0 Å². The second-order valence-electron chi connectivity index (χ2n) is 7.17. The zero-order valence-corrected chi connectivity index (χ0v) is 17.7. The molecular weight excluding hydrogens is 421 g/mol. The van der Waals surface area contributed by atoms with E-state index in [0.29, 0.717) is 16.9 Å². The van der Waals surface area contributed by atoms with Gasteiger partial charge in [0.15, 0.2) is 0 Å². The van der Waals surface area contributed by atoms with Crippen LogP contribution >= 0.6 is 0 Å². The molecular formula is C22H25NO4Se. The molecule has 0 aromatic heterocycles. The predicted octanol–water partition coefficient (Wildman–Crippen LogP) is 2.44. The summed E-state index contributed by atoms with van der Waals surface area (Å²) < 4.78 is 12.0. The topological polar surface area (TPSA) is 59.0 Å². The van der Waals surface area contributed by atoms with Crippen LogP contribution in [0.25, 0.3) is 0 Å². The number of hydrogen-bond acceptors (Lipinski definition) is 4. The summed E-state index contributed by atoms with van der Waals surface area (Å²) in [6.07, 6.45) is -2.13. The van der Waals surface area contributed by atoms with Gasteiger partial charge in [0.2, 0.25) is 0 Å². The molecule has 5 nitrogen and oxygen atoms in total. The normalized spacial score (nSPS) is 18.8. The van der Waals surface area contributed by atoms with E-state index < -0.39 is 12.2 Å². The number of ether oxygens (including phenoxy) is 2. The Kier molecular flexibility index (Phi) is 7.02. The molecule has 3 rings (SSSR count). The van der Waals surface area contributed by atoms with E-state index in [1.807, 2.05) is 62.4 Å². The van der Waals surface area contributed by atoms with E-state index in [9.17, 15) is 9.90 Å². The molecule has 1 aliphatic rings. The van der Waals surface area contributed by atoms with E-state index >= 15 is 0 Å². The fourth-order valence-corrected chi connectivity index (χ4v) is 3.82. The van der Waals surface area contributed by atoms with Gasteiger partial charge in [0.25, 0.3) is 0 Å². The Morgan fingerprint density at radius 3 is 2.39 bits per heavy atom. The second-order valence-corrected chi connectivity index (χ2v) is 7.90. The van der Waals surface area contributed by atoms with Crippen LogP contribution < -0.4 is 0 Å². The van der Waals surface area contributed by atoms with Crippen molar-refractivity contribution in [3.8, 4) is 0 Å². The van der Waals surface area contributed by atoms with Crippen molar-refractivity contribution in [3.63, 3.8) is 0 Å². The summed E-state index contributed by atoms with van der Waals surface area (Å²) in [4.78, 5) is 15.0. The van der Waals surface area contributed by atoms with E-state index in [-0.39, 0.29) is 24.5 Å². The molecule has 1 fully saturated rings. The number of rotatable bonds is 7. The van der Waals surface area contributed by atoms with E-state index in [1.165, 1.54) is 0 Å². The Labute approximate surface area is 173 Å². The van der Waals surface area contributed by atoms with Crippen LogP contribution in [0.2, 0.25) is 0 Å². The first-order valence-corrected chi connectivity index (χ1v) is 10.2. The maximum atomic E-state index is 13.4. The molecule has 2 aromatic carbocycles. The van der Waals surface area contributed by atoms with Crippen LogP contribution in [0, 0.1) is 5.92 Å². The number of hydrogen-bond donors (Lipinski definition) is 1. The molecule has 1 heterocycles. The van der Waals surface area contributed by atoms with Crippen LogP contribution in [0.15, 0.2) is 60.7 Å². The van der Waals surface area contributed by atoms with Gasteiger partial charge < -0.3 is 0 Å². The first-order chi connectivity index (χ1) is 13.5. The summed E-state index contributed by atoms with van der Waals surface area (Å²) in [5.41, 5.74) is 1.57. The fourth-order valence-electron chi connectivity index (χ4n) is 3.20. The summed E-state index contributed by atoms with van der Waals surface area (Å²) in [5.74, 6) is -0.101. The van der Waals surface area contributed by atoms with Crippen molar-refractivity contribution in [2.45, 2.75) is 38.7 Å². The predicted molar refractivity (Wildman–Crippen MR) is 109 cm³/mol. The van der Waals surface area contributed by atoms with Crippen LogP contribution in [0.1, 0.15) is 31.1 Å². The number of amides is 1. The van der Waals surface area contributed by atoms with E-state index in [1.54, 1.807) is 17.0 Å². The van der Waals surface area contributed by atoms with Crippen molar-refractivity contribution in [2.24, 2.45) is 5.92 Å². The van der Waals surface area contributed by atoms with Gasteiger partial charge in [-0.05, 0) is 0 Å². The Bertz CT molecular complexity index is 797. The van der Waals surface area contributed by atoms with E-state index in [0.717, 1.165) is 5.56 Å². The van der Waals surface area contributed by atoms with Crippen molar-refractivity contribution in [1.29, 1.82) is 0 Å². The molecule has 148 valence electrons. The van der Waals surface area contributed by atoms with Gasteiger partial charge in [0.1, 0.15) is 0 Å². The average molecular weight is 446 g/mol. The quantitative estimate of drug-likeness (QED) is 0.664. The molecule has 3 atom stereocenters. The molecule has 0 spiro atoms. The zero-order chi connectivity index (χ0) is 20.1. The summed E-state index contributed by atoms with van der Waals surface area (Å²) in [5, 5.41) is 11.0. The van der Waals surface area contributed by atoms with Crippen molar-refractivity contribution in [1.82, 2.24) is 4.90 Å². The summed E-state index contributed by atoms with van der Waals surface area (Å²) in [7, 11) is 0. The summed E-state index contributed by atoms with van der Waals surface area (Å²) in [6.45, 7) is 4.74. The van der Waals surface area contributed by atoms with E-state index in [2.05, 4.69) is 15.6 Å². The third-order valence-corrected chi connectivity index (χ3v) is 5.52. The first-order valence-electron chi connectivity index (χ1n) is 9.37. The number of benzene rings is 2. The zero-order valence-electron chi connectivity index (χ0n) is 16.0. The first kappa shape index (κ1) is 20.7. The summed E-state index contributed by atoms with van der Waals surface area (Å²) in [6, 6.07) is 18.6. The van der Waals surface area contributed by atoms with E-state index in [4.69, 9.17) is 9.47 Å². The maximum absolute atomic E-state index is 13.4. The van der Waals surface area contributed by atoms with Crippen molar-refractivity contribution >= 4 is 26.2 Å². The van der Waals surface area contributed by atoms with Crippen LogP contribution in [0.5, 0.6) is 0 Å². The Balaban J connectivity index is 1.86. The minimum atomic E-state index is -1.08. The number of aliphatic hydroxyl groups excluding tert-OH is 1. The minimum absolute atomic E-state index is 0.102. The third-order valence-electron chi connectivity index (χ3n) is 4.86. The molecule has 1 N–H and O–H groups in total. The SMILES string of the molecule is CC(C)[C@H]1COC(=[Se])N1C(=O)[C@H](OCc1ccccc1)[C@H](O)c1ccccc1. The molecule has 6 heteroatoms. The molecule has 0 saturated carbocycles. The summed E-state index contributed by atoms with van der Waals surface area (Å²) >= 11 is 2.82. The van der Waals surface area contributed by atoms with Gasteiger partial charge in [-0.25, -0.2) is 0 Å². The van der Waals surface area contributed by atoms with Gasteiger partial charge >= 0.3 is 174 Å². The molecule has 1 amide bonds. The molecule has 1 saturated heterocycles. The molecule has 0 radical (unpaired) electrons. The number of nitrogens with zero attached hydrogens (tertiary/aromatic N) is 1. The molecule has 2 aromatic rings. The molecule has 0 unspecified atom stereocenters. The Morgan fingerprint density at radius 2 is 1.79 bits per heavy atom. The standard InChI is InChI=1S/C22H25NO4Se/c1-15(2)18-14-27-22(28)23(18)21(25)20(19(24)17-11-7-4-8-12-17)26-13-16-9-5-3-6-10-16/h3-12,15,18-20,24H,13-14H2,1-2H3/t18-,19-,20-/m1/s1. The Morgan fingerprint density at radius 1 is 1.18 bits per heavy atom. The molecule has 0 bridgehead atoms. The number of aliphatic hydroxyl groups is 1. The third kappa shape index (κ3) is 4.70. The van der Waals surface area contributed by atoms with Crippen molar-refractivity contribution in [3.05, 3.63) is 71.8 Å². The van der Waals surface area contributed by atoms with Crippen molar-refractivity contribution < 1.29 is 19.4 Å². The Hall–Kier alpha value is -1.98. The number of carbonyl (C=O) groups is 1. The van der Waals surface area contributed by atoms with Gasteiger partial charge in [-0.1, -0.05) is 0 Å².